The number of aromatic nitrogens is 3. The molecule has 0 fully saturated rings. The van der Waals surface area contributed by atoms with E-state index in [1.807, 2.05) is 48.0 Å². The number of hydrogen-bond donors (Lipinski definition) is 1. The van der Waals surface area contributed by atoms with Crippen LogP contribution < -0.4 is 5.32 Å². The monoisotopic (exact) mass is 380 g/mol. The third kappa shape index (κ3) is 4.77. The maximum absolute atomic E-state index is 12.2. The predicted molar refractivity (Wildman–Crippen MR) is 110 cm³/mol. The number of aryl methyl sites for hydroxylation is 1. The highest BCUT2D eigenvalue weighted by Gasteiger charge is 2.14. The zero-order valence-corrected chi connectivity index (χ0v) is 16.7. The van der Waals surface area contributed by atoms with Gasteiger partial charge >= 0.3 is 0 Å². The summed E-state index contributed by atoms with van der Waals surface area (Å²) in [5.41, 5.74) is 3.43. The van der Waals surface area contributed by atoms with E-state index in [0.717, 1.165) is 22.1 Å². The molecule has 6 heteroatoms. The molecule has 0 saturated carbocycles. The van der Waals surface area contributed by atoms with Crippen molar-refractivity contribution in [2.75, 3.05) is 12.3 Å². The van der Waals surface area contributed by atoms with E-state index in [0.29, 0.717) is 12.3 Å². The highest BCUT2D eigenvalue weighted by atomic mass is 32.2. The van der Waals surface area contributed by atoms with Gasteiger partial charge in [0.25, 0.3) is 0 Å². The van der Waals surface area contributed by atoms with Gasteiger partial charge in [-0.05, 0) is 24.0 Å². The van der Waals surface area contributed by atoms with Crippen LogP contribution in [0.1, 0.15) is 24.0 Å². The van der Waals surface area contributed by atoms with E-state index in [1.165, 1.54) is 17.3 Å². The van der Waals surface area contributed by atoms with Crippen LogP contribution in [0.4, 0.5) is 0 Å². The lowest BCUT2D eigenvalue weighted by Gasteiger charge is -2.13. The Morgan fingerprint density at radius 3 is 2.56 bits per heavy atom. The van der Waals surface area contributed by atoms with Gasteiger partial charge in [0.05, 0.1) is 5.75 Å². The third-order valence-electron chi connectivity index (χ3n) is 4.53. The van der Waals surface area contributed by atoms with Crippen LogP contribution in [0.15, 0.2) is 59.8 Å². The second-order valence-corrected chi connectivity index (χ2v) is 7.53. The second kappa shape index (κ2) is 8.86. The Morgan fingerprint density at radius 2 is 1.81 bits per heavy atom. The van der Waals surface area contributed by atoms with Gasteiger partial charge in [0, 0.05) is 19.2 Å². The molecule has 3 aromatic rings. The van der Waals surface area contributed by atoms with Crippen LogP contribution in [0, 0.1) is 6.92 Å². The van der Waals surface area contributed by atoms with Crippen molar-refractivity contribution in [3.8, 4) is 11.4 Å². The number of hydrogen-bond acceptors (Lipinski definition) is 4. The van der Waals surface area contributed by atoms with E-state index in [2.05, 4.69) is 47.6 Å². The molecule has 1 heterocycles. The summed E-state index contributed by atoms with van der Waals surface area (Å²) in [6, 6.07) is 18.3. The van der Waals surface area contributed by atoms with E-state index in [-0.39, 0.29) is 11.8 Å². The Hall–Kier alpha value is -2.60. The van der Waals surface area contributed by atoms with Gasteiger partial charge in [0.15, 0.2) is 11.0 Å². The number of rotatable bonds is 7. The average Bonchev–Trinajstić information content (AvgIpc) is 3.06. The normalized spacial score (nSPS) is 12.0. The third-order valence-corrected chi connectivity index (χ3v) is 5.55. The molecule has 1 atom stereocenters. The van der Waals surface area contributed by atoms with Gasteiger partial charge in [-0.2, -0.15) is 0 Å². The first-order valence-corrected chi connectivity index (χ1v) is 9.94. The summed E-state index contributed by atoms with van der Waals surface area (Å²) in [4.78, 5) is 12.2. The standard InChI is InChI=1S/C21H24N4OS/c1-15-9-7-8-12-18(15)20-23-24-21(25(20)3)27-14-19(26)22-13-16(2)17-10-5-4-6-11-17/h4-12,16H,13-14H2,1-3H3,(H,22,26)/t16-/m0/s1. The maximum atomic E-state index is 12.2. The molecule has 140 valence electrons. The Labute approximate surface area is 164 Å². The Bertz CT molecular complexity index is 908. The molecule has 1 N–H and O–H groups in total. The van der Waals surface area contributed by atoms with Crippen molar-refractivity contribution in [2.24, 2.45) is 7.05 Å². The summed E-state index contributed by atoms with van der Waals surface area (Å²) in [6.07, 6.45) is 0. The number of carbonyl (C=O) groups excluding carboxylic acids is 1. The number of amides is 1. The first-order chi connectivity index (χ1) is 13.1. The van der Waals surface area contributed by atoms with Gasteiger partial charge in [-0.3, -0.25) is 4.79 Å². The summed E-state index contributed by atoms with van der Waals surface area (Å²) >= 11 is 1.40. The number of benzene rings is 2. The fraction of sp³-hybridized carbons (Fsp3) is 0.286. The summed E-state index contributed by atoms with van der Waals surface area (Å²) in [5, 5.41) is 12.3. The highest BCUT2D eigenvalue weighted by molar-refractivity contribution is 7.99. The molecule has 1 amide bonds. The first-order valence-electron chi connectivity index (χ1n) is 8.96. The second-order valence-electron chi connectivity index (χ2n) is 6.58. The lowest BCUT2D eigenvalue weighted by atomic mass is 10.0. The molecule has 0 radical (unpaired) electrons. The van der Waals surface area contributed by atoms with Crippen molar-refractivity contribution in [3.05, 3.63) is 65.7 Å². The number of nitrogens with zero attached hydrogens (tertiary/aromatic N) is 3. The molecule has 0 saturated heterocycles. The summed E-state index contributed by atoms with van der Waals surface area (Å²) in [7, 11) is 1.93. The highest BCUT2D eigenvalue weighted by Crippen LogP contribution is 2.24. The van der Waals surface area contributed by atoms with E-state index < -0.39 is 0 Å². The quantitative estimate of drug-likeness (QED) is 0.633. The summed E-state index contributed by atoms with van der Waals surface area (Å²) in [6.45, 7) is 4.79. The van der Waals surface area contributed by atoms with Crippen LogP contribution in [0.2, 0.25) is 0 Å². The lowest BCUT2D eigenvalue weighted by Crippen LogP contribution is -2.29. The van der Waals surface area contributed by atoms with Crippen molar-refractivity contribution in [1.29, 1.82) is 0 Å². The minimum Gasteiger partial charge on any atom is -0.355 e. The summed E-state index contributed by atoms with van der Waals surface area (Å²) < 4.78 is 1.94. The lowest BCUT2D eigenvalue weighted by molar-refractivity contribution is -0.118. The summed E-state index contributed by atoms with van der Waals surface area (Å²) in [5.74, 6) is 1.42. The molecule has 0 aliphatic carbocycles. The van der Waals surface area contributed by atoms with Crippen LogP contribution in [-0.2, 0) is 11.8 Å². The van der Waals surface area contributed by atoms with Gasteiger partial charge < -0.3 is 9.88 Å². The molecule has 0 aliphatic rings. The fourth-order valence-electron chi connectivity index (χ4n) is 2.85. The molecule has 27 heavy (non-hydrogen) atoms. The van der Waals surface area contributed by atoms with E-state index in [4.69, 9.17) is 0 Å². The Balaban J connectivity index is 1.54. The minimum atomic E-state index is 0.00298. The van der Waals surface area contributed by atoms with E-state index in [9.17, 15) is 4.79 Å². The molecule has 1 aromatic heterocycles. The van der Waals surface area contributed by atoms with Crippen LogP contribution in [0.5, 0.6) is 0 Å². The number of thioether (sulfide) groups is 1. The zero-order valence-electron chi connectivity index (χ0n) is 15.8. The SMILES string of the molecule is Cc1ccccc1-c1nnc(SCC(=O)NC[C@H](C)c2ccccc2)n1C. The van der Waals surface area contributed by atoms with Crippen molar-refractivity contribution < 1.29 is 4.79 Å². The van der Waals surface area contributed by atoms with Crippen molar-refractivity contribution in [3.63, 3.8) is 0 Å². The van der Waals surface area contributed by atoms with Crippen molar-refractivity contribution in [1.82, 2.24) is 20.1 Å². The molecule has 0 aliphatic heterocycles. The topological polar surface area (TPSA) is 59.8 Å². The molecule has 0 unspecified atom stereocenters. The van der Waals surface area contributed by atoms with E-state index in [1.54, 1.807) is 0 Å². The van der Waals surface area contributed by atoms with Gasteiger partial charge in [-0.15, -0.1) is 10.2 Å². The van der Waals surface area contributed by atoms with Gasteiger partial charge in [-0.25, -0.2) is 0 Å². The largest absolute Gasteiger partial charge is 0.355 e. The Kier molecular flexibility index (Phi) is 6.29. The molecule has 5 nitrogen and oxygen atoms in total. The van der Waals surface area contributed by atoms with Crippen molar-refractivity contribution in [2.45, 2.75) is 24.9 Å². The fourth-order valence-corrected chi connectivity index (χ4v) is 3.59. The molecule has 3 rings (SSSR count). The molecule has 2 aromatic carbocycles. The number of carbonyl (C=O) groups is 1. The van der Waals surface area contributed by atoms with Gasteiger partial charge in [0.2, 0.25) is 5.91 Å². The van der Waals surface area contributed by atoms with Crippen molar-refractivity contribution >= 4 is 17.7 Å². The molecular formula is C21H24N4OS. The molecule has 0 spiro atoms. The first kappa shape index (κ1) is 19.2. The van der Waals surface area contributed by atoms with Crippen LogP contribution in [-0.4, -0.2) is 33.0 Å². The predicted octanol–water partition coefficient (Wildman–Crippen LogP) is 3.80. The van der Waals surface area contributed by atoms with Crippen LogP contribution >= 0.6 is 11.8 Å². The maximum Gasteiger partial charge on any atom is 0.230 e. The molecule has 0 bridgehead atoms. The average molecular weight is 381 g/mol. The number of nitrogens with one attached hydrogen (secondary N) is 1. The van der Waals surface area contributed by atoms with Crippen LogP contribution in [0.25, 0.3) is 11.4 Å². The van der Waals surface area contributed by atoms with Gasteiger partial charge in [-0.1, -0.05) is 73.3 Å². The molecular weight excluding hydrogens is 356 g/mol. The zero-order chi connectivity index (χ0) is 19.2. The van der Waals surface area contributed by atoms with E-state index >= 15 is 0 Å². The minimum absolute atomic E-state index is 0.00298. The smallest absolute Gasteiger partial charge is 0.230 e. The van der Waals surface area contributed by atoms with Crippen LogP contribution in [0.3, 0.4) is 0 Å². The van der Waals surface area contributed by atoms with Gasteiger partial charge in [0.1, 0.15) is 0 Å². The Morgan fingerprint density at radius 1 is 1.11 bits per heavy atom.